The van der Waals surface area contributed by atoms with E-state index in [4.69, 9.17) is 14.7 Å². The molecule has 0 amide bonds. The van der Waals surface area contributed by atoms with Crippen molar-refractivity contribution in [2.75, 3.05) is 6.61 Å². The number of hydrogen-bond donors (Lipinski definition) is 2. The quantitative estimate of drug-likeness (QED) is 0.778. The van der Waals surface area contributed by atoms with Crippen LogP contribution >= 0.6 is 0 Å². The summed E-state index contributed by atoms with van der Waals surface area (Å²) in [6.07, 6.45) is -3.61. The third kappa shape index (κ3) is 3.45. The molecular weight excluding hydrogens is 291 g/mol. The molecule has 2 unspecified atom stereocenters. The zero-order chi connectivity index (χ0) is 15.6. The van der Waals surface area contributed by atoms with Gasteiger partial charge in [-0.3, -0.25) is 10.3 Å². The third-order valence-electron chi connectivity index (χ3n) is 3.03. The fourth-order valence-corrected chi connectivity index (χ4v) is 2.12. The van der Waals surface area contributed by atoms with Gasteiger partial charge in [-0.2, -0.15) is 13.2 Å². The molecule has 2 atom stereocenters. The molecule has 0 aromatic heterocycles. The SMILES string of the molecule is CCONC1=CCC2OC(C(F)(F)F)C(C(=O)O)=CC2=C1. The summed E-state index contributed by atoms with van der Waals surface area (Å²) in [4.78, 5) is 16.0. The normalized spacial score (nSPS) is 25.4. The van der Waals surface area contributed by atoms with Crippen molar-refractivity contribution in [3.05, 3.63) is 35.1 Å². The maximum atomic E-state index is 12.9. The highest BCUT2D eigenvalue weighted by atomic mass is 19.4. The van der Waals surface area contributed by atoms with E-state index < -0.39 is 29.9 Å². The van der Waals surface area contributed by atoms with Crippen LogP contribution in [-0.4, -0.2) is 36.1 Å². The van der Waals surface area contributed by atoms with E-state index in [0.29, 0.717) is 17.9 Å². The number of aliphatic carboxylic acids is 1. The lowest BCUT2D eigenvalue weighted by Crippen LogP contribution is -2.43. The molecule has 0 saturated carbocycles. The lowest BCUT2D eigenvalue weighted by atomic mass is 9.92. The predicted molar refractivity (Wildman–Crippen MR) is 66.0 cm³/mol. The van der Waals surface area contributed by atoms with Crippen LogP contribution in [0.5, 0.6) is 0 Å². The van der Waals surface area contributed by atoms with Gasteiger partial charge in [0.2, 0.25) is 0 Å². The zero-order valence-electron chi connectivity index (χ0n) is 11.1. The molecule has 0 spiro atoms. The molecular formula is C13H14F3NO4. The lowest BCUT2D eigenvalue weighted by molar-refractivity contribution is -0.219. The Morgan fingerprint density at radius 1 is 1.52 bits per heavy atom. The van der Waals surface area contributed by atoms with Gasteiger partial charge in [0.15, 0.2) is 6.10 Å². The highest BCUT2D eigenvalue weighted by Gasteiger charge is 2.49. The molecule has 2 aliphatic rings. The number of halogens is 3. The smallest absolute Gasteiger partial charge is 0.419 e. The van der Waals surface area contributed by atoms with Gasteiger partial charge in [0, 0.05) is 0 Å². The number of alkyl halides is 3. The summed E-state index contributed by atoms with van der Waals surface area (Å²) in [6.45, 7) is 2.18. The van der Waals surface area contributed by atoms with Crippen molar-refractivity contribution in [2.24, 2.45) is 0 Å². The minimum absolute atomic E-state index is 0.206. The second-order valence-corrected chi connectivity index (χ2v) is 4.53. The summed E-state index contributed by atoms with van der Waals surface area (Å²) < 4.78 is 43.5. The highest BCUT2D eigenvalue weighted by Crippen LogP contribution is 2.37. The Bertz CT molecular complexity index is 522. The van der Waals surface area contributed by atoms with E-state index in [1.165, 1.54) is 6.08 Å². The second-order valence-electron chi connectivity index (χ2n) is 4.53. The fraction of sp³-hybridized carbons (Fsp3) is 0.462. The molecule has 0 aromatic carbocycles. The van der Waals surface area contributed by atoms with E-state index in [-0.39, 0.29) is 6.42 Å². The summed E-state index contributed by atoms with van der Waals surface area (Å²) in [5.74, 6) is -1.65. The monoisotopic (exact) mass is 305 g/mol. The van der Waals surface area contributed by atoms with E-state index in [9.17, 15) is 18.0 Å². The molecule has 1 aliphatic heterocycles. The first-order valence-electron chi connectivity index (χ1n) is 6.29. The molecule has 21 heavy (non-hydrogen) atoms. The Labute approximate surface area is 118 Å². The molecule has 2 rings (SSSR count). The summed E-state index contributed by atoms with van der Waals surface area (Å²) in [5, 5.41) is 8.94. The summed E-state index contributed by atoms with van der Waals surface area (Å²) in [6, 6.07) is 0. The van der Waals surface area contributed by atoms with Crippen molar-refractivity contribution >= 4 is 5.97 Å². The highest BCUT2D eigenvalue weighted by molar-refractivity contribution is 5.89. The van der Waals surface area contributed by atoms with E-state index in [0.717, 1.165) is 6.08 Å². The number of carboxylic acid groups (broad SMARTS) is 1. The molecule has 8 heteroatoms. The van der Waals surface area contributed by atoms with Gasteiger partial charge >= 0.3 is 12.1 Å². The van der Waals surface area contributed by atoms with Crippen LogP contribution in [0.4, 0.5) is 13.2 Å². The molecule has 0 radical (unpaired) electrons. The molecule has 5 nitrogen and oxygen atoms in total. The minimum Gasteiger partial charge on any atom is -0.478 e. The first-order chi connectivity index (χ1) is 9.82. The molecule has 1 heterocycles. The van der Waals surface area contributed by atoms with Gasteiger partial charge in [0.25, 0.3) is 0 Å². The van der Waals surface area contributed by atoms with Gasteiger partial charge < -0.3 is 9.84 Å². The minimum atomic E-state index is -4.76. The van der Waals surface area contributed by atoms with Crippen molar-refractivity contribution in [3.63, 3.8) is 0 Å². The van der Waals surface area contributed by atoms with Crippen LogP contribution in [0.25, 0.3) is 0 Å². The second kappa shape index (κ2) is 5.90. The number of fused-ring (bicyclic) bond motifs is 1. The number of hydrogen-bond acceptors (Lipinski definition) is 4. The largest absolute Gasteiger partial charge is 0.478 e. The van der Waals surface area contributed by atoms with Crippen LogP contribution in [-0.2, 0) is 14.4 Å². The molecule has 116 valence electrons. The van der Waals surface area contributed by atoms with Crippen molar-refractivity contribution < 1.29 is 32.6 Å². The Morgan fingerprint density at radius 3 is 2.81 bits per heavy atom. The molecule has 1 aliphatic carbocycles. The number of rotatable bonds is 4. The van der Waals surface area contributed by atoms with Gasteiger partial charge in [0.1, 0.15) is 0 Å². The Hall–Kier alpha value is -1.80. The molecule has 0 bridgehead atoms. The number of carboxylic acids is 1. The Balaban J connectivity index is 2.29. The Kier molecular flexibility index (Phi) is 4.38. The van der Waals surface area contributed by atoms with Crippen LogP contribution in [0.3, 0.4) is 0 Å². The zero-order valence-corrected chi connectivity index (χ0v) is 11.1. The van der Waals surface area contributed by atoms with Gasteiger partial charge in [-0.05, 0) is 31.1 Å². The maximum absolute atomic E-state index is 12.9. The van der Waals surface area contributed by atoms with Crippen molar-refractivity contribution in [1.29, 1.82) is 0 Å². The number of ether oxygens (including phenoxy) is 1. The van der Waals surface area contributed by atoms with Gasteiger partial charge in [-0.15, -0.1) is 0 Å². The lowest BCUT2D eigenvalue weighted by Gasteiger charge is -2.33. The molecule has 0 aromatic rings. The number of nitrogens with one attached hydrogen (secondary N) is 1. The summed E-state index contributed by atoms with van der Waals surface area (Å²) in [7, 11) is 0. The first-order valence-corrected chi connectivity index (χ1v) is 6.29. The average molecular weight is 305 g/mol. The number of carbonyl (C=O) groups is 1. The van der Waals surface area contributed by atoms with E-state index >= 15 is 0 Å². The predicted octanol–water partition coefficient (Wildman–Crippen LogP) is 2.08. The van der Waals surface area contributed by atoms with Gasteiger partial charge in [-0.25, -0.2) is 4.79 Å². The molecule has 0 saturated heterocycles. The van der Waals surface area contributed by atoms with E-state index in [1.807, 2.05) is 0 Å². The van der Waals surface area contributed by atoms with Gasteiger partial charge in [0.05, 0.1) is 24.0 Å². The van der Waals surface area contributed by atoms with Crippen molar-refractivity contribution in [2.45, 2.75) is 31.7 Å². The Morgan fingerprint density at radius 2 is 2.24 bits per heavy atom. The summed E-state index contributed by atoms with van der Waals surface area (Å²) >= 11 is 0. The maximum Gasteiger partial charge on any atom is 0.419 e. The van der Waals surface area contributed by atoms with Crippen LogP contribution in [0.1, 0.15) is 13.3 Å². The average Bonchev–Trinajstić information content (AvgIpc) is 2.42. The van der Waals surface area contributed by atoms with Crippen LogP contribution in [0, 0.1) is 0 Å². The number of allylic oxidation sites excluding steroid dienone is 1. The third-order valence-corrected chi connectivity index (χ3v) is 3.03. The fourth-order valence-electron chi connectivity index (χ4n) is 2.12. The number of hydroxylamine groups is 1. The topological polar surface area (TPSA) is 67.8 Å². The van der Waals surface area contributed by atoms with E-state index in [2.05, 4.69) is 5.48 Å². The molecule has 2 N–H and O–H groups in total. The van der Waals surface area contributed by atoms with Crippen LogP contribution in [0.2, 0.25) is 0 Å². The van der Waals surface area contributed by atoms with E-state index in [1.54, 1.807) is 13.0 Å². The van der Waals surface area contributed by atoms with Crippen molar-refractivity contribution in [3.8, 4) is 0 Å². The summed E-state index contributed by atoms with van der Waals surface area (Å²) in [5.41, 5.74) is 2.73. The van der Waals surface area contributed by atoms with Crippen molar-refractivity contribution in [1.82, 2.24) is 5.48 Å². The van der Waals surface area contributed by atoms with Gasteiger partial charge in [-0.1, -0.05) is 6.08 Å². The van der Waals surface area contributed by atoms with Crippen LogP contribution in [0.15, 0.2) is 35.1 Å². The van der Waals surface area contributed by atoms with Crippen LogP contribution < -0.4 is 5.48 Å². The standard InChI is InChI=1S/C13H14F3NO4/c1-2-20-17-8-3-4-10-7(5-8)6-9(12(18)19)11(21-10)13(14,15)16/h3,5-6,10-11,17H,2,4H2,1H3,(H,18,19). The molecule has 0 fully saturated rings. The first kappa shape index (κ1) is 15.6.